The van der Waals surface area contributed by atoms with Crippen LogP contribution in [0.25, 0.3) is 0 Å². The summed E-state index contributed by atoms with van der Waals surface area (Å²) in [5.74, 6) is -0.271. The number of piperidine rings is 1. The third-order valence-electron chi connectivity index (χ3n) is 3.96. The normalized spacial score (nSPS) is 15.9. The van der Waals surface area contributed by atoms with Crippen LogP contribution in [0.4, 0.5) is 8.78 Å². The summed E-state index contributed by atoms with van der Waals surface area (Å²) in [6, 6.07) is 3.39. The van der Waals surface area contributed by atoms with E-state index < -0.39 is 11.6 Å². The Kier molecular flexibility index (Phi) is 6.11. The molecule has 0 aromatic heterocycles. The molecule has 1 heterocycles. The molecule has 0 spiro atoms. The second-order valence-corrected chi connectivity index (χ2v) is 5.57. The van der Waals surface area contributed by atoms with E-state index in [4.69, 9.17) is 0 Å². The van der Waals surface area contributed by atoms with Crippen LogP contribution < -0.4 is 10.6 Å². The van der Waals surface area contributed by atoms with Gasteiger partial charge in [-0.25, -0.2) is 8.78 Å². The first kappa shape index (κ1) is 15.9. The minimum atomic E-state index is -0.455. The summed E-state index contributed by atoms with van der Waals surface area (Å²) in [7, 11) is 0. The predicted molar refractivity (Wildman–Crippen MR) is 77.9 cm³/mol. The monoisotopic (exact) mass is 296 g/mol. The van der Waals surface area contributed by atoms with Gasteiger partial charge in [0.2, 0.25) is 5.91 Å². The van der Waals surface area contributed by atoms with E-state index in [9.17, 15) is 13.6 Å². The molecule has 1 fully saturated rings. The van der Waals surface area contributed by atoms with E-state index in [0.29, 0.717) is 30.9 Å². The molecule has 1 aromatic rings. The number of nitrogens with one attached hydrogen (secondary N) is 2. The molecule has 3 nitrogen and oxygen atoms in total. The Morgan fingerprint density at radius 3 is 2.81 bits per heavy atom. The summed E-state index contributed by atoms with van der Waals surface area (Å²) in [6.07, 6.45) is 3.98. The van der Waals surface area contributed by atoms with Crippen molar-refractivity contribution in [2.24, 2.45) is 5.92 Å². The highest BCUT2D eigenvalue weighted by Crippen LogP contribution is 2.17. The number of hydrogen-bond donors (Lipinski definition) is 2. The lowest BCUT2D eigenvalue weighted by Crippen LogP contribution is -2.30. The van der Waals surface area contributed by atoms with Gasteiger partial charge in [-0.15, -0.1) is 0 Å². The van der Waals surface area contributed by atoms with Crippen LogP contribution in [0.3, 0.4) is 0 Å². The number of carbonyl (C=O) groups excluding carboxylic acids is 1. The molecule has 2 rings (SSSR count). The van der Waals surface area contributed by atoms with Crippen molar-refractivity contribution in [1.82, 2.24) is 10.6 Å². The smallest absolute Gasteiger partial charge is 0.220 e. The molecule has 1 aromatic carbocycles. The number of amides is 1. The second-order valence-electron chi connectivity index (χ2n) is 5.57. The van der Waals surface area contributed by atoms with Gasteiger partial charge < -0.3 is 10.6 Å². The van der Waals surface area contributed by atoms with Crippen LogP contribution in [0.5, 0.6) is 0 Å². The van der Waals surface area contributed by atoms with Crippen molar-refractivity contribution in [2.45, 2.75) is 32.1 Å². The van der Waals surface area contributed by atoms with Crippen molar-refractivity contribution >= 4 is 5.91 Å². The summed E-state index contributed by atoms with van der Waals surface area (Å²) in [4.78, 5) is 11.7. The number of rotatable bonds is 6. The third kappa shape index (κ3) is 5.42. The quantitative estimate of drug-likeness (QED) is 0.846. The maximum absolute atomic E-state index is 13.4. The van der Waals surface area contributed by atoms with Crippen LogP contribution in [0.15, 0.2) is 18.2 Å². The molecule has 21 heavy (non-hydrogen) atoms. The van der Waals surface area contributed by atoms with Gasteiger partial charge in [-0.05, 0) is 68.5 Å². The maximum atomic E-state index is 13.4. The lowest BCUT2D eigenvalue weighted by atomic mass is 9.93. The van der Waals surface area contributed by atoms with E-state index in [1.54, 1.807) is 0 Å². The highest BCUT2D eigenvalue weighted by molar-refractivity contribution is 5.75. The summed E-state index contributed by atoms with van der Waals surface area (Å²) < 4.78 is 26.4. The van der Waals surface area contributed by atoms with Gasteiger partial charge in [0.15, 0.2) is 0 Å². The zero-order valence-electron chi connectivity index (χ0n) is 12.1. The minimum absolute atomic E-state index is 0.00894. The second kappa shape index (κ2) is 8.08. The average Bonchev–Trinajstić information content (AvgIpc) is 2.50. The fourth-order valence-corrected chi connectivity index (χ4v) is 2.67. The Morgan fingerprint density at radius 1 is 1.29 bits per heavy atom. The molecule has 0 aliphatic carbocycles. The van der Waals surface area contributed by atoms with E-state index in [1.807, 2.05) is 0 Å². The zero-order valence-corrected chi connectivity index (χ0v) is 12.1. The highest BCUT2D eigenvalue weighted by Gasteiger charge is 2.14. The van der Waals surface area contributed by atoms with Gasteiger partial charge in [0.1, 0.15) is 11.6 Å². The summed E-state index contributed by atoms with van der Waals surface area (Å²) in [5.41, 5.74) is 0.300. The average molecular weight is 296 g/mol. The number of carbonyl (C=O) groups is 1. The molecule has 0 radical (unpaired) electrons. The lowest BCUT2D eigenvalue weighted by Gasteiger charge is -2.22. The van der Waals surface area contributed by atoms with Gasteiger partial charge in [-0.3, -0.25) is 4.79 Å². The molecule has 0 saturated carbocycles. The molecule has 0 bridgehead atoms. The standard InChI is InChI=1S/C16H22F2N2O/c17-14-2-3-15(18)13(11-14)7-10-20-16(21)4-1-12-5-8-19-9-6-12/h2-3,11-12,19H,1,4-10H2,(H,20,21). The van der Waals surface area contributed by atoms with E-state index in [-0.39, 0.29) is 5.91 Å². The van der Waals surface area contributed by atoms with Crippen molar-refractivity contribution in [1.29, 1.82) is 0 Å². The first-order chi connectivity index (χ1) is 10.1. The molecular weight excluding hydrogens is 274 g/mol. The van der Waals surface area contributed by atoms with Crippen LogP contribution >= 0.6 is 0 Å². The highest BCUT2D eigenvalue weighted by atomic mass is 19.1. The van der Waals surface area contributed by atoms with Crippen molar-refractivity contribution in [2.75, 3.05) is 19.6 Å². The van der Waals surface area contributed by atoms with Crippen LogP contribution in [0.1, 0.15) is 31.2 Å². The lowest BCUT2D eigenvalue weighted by molar-refractivity contribution is -0.121. The molecule has 1 aliphatic rings. The number of halogens is 2. The fraction of sp³-hybridized carbons (Fsp3) is 0.562. The maximum Gasteiger partial charge on any atom is 0.220 e. The summed E-state index contributed by atoms with van der Waals surface area (Å²) >= 11 is 0. The van der Waals surface area contributed by atoms with E-state index in [2.05, 4.69) is 10.6 Å². The number of benzene rings is 1. The Balaban J connectivity index is 1.65. The van der Waals surface area contributed by atoms with Crippen molar-refractivity contribution in [3.05, 3.63) is 35.4 Å². The Hall–Kier alpha value is -1.49. The Labute approximate surface area is 124 Å². The predicted octanol–water partition coefficient (Wildman–Crippen LogP) is 2.40. The molecule has 2 N–H and O–H groups in total. The van der Waals surface area contributed by atoms with Crippen LogP contribution in [-0.2, 0) is 11.2 Å². The summed E-state index contributed by atoms with van der Waals surface area (Å²) in [6.45, 7) is 2.40. The molecule has 5 heteroatoms. The first-order valence-electron chi connectivity index (χ1n) is 7.56. The van der Waals surface area contributed by atoms with E-state index in [1.165, 1.54) is 6.07 Å². The zero-order chi connectivity index (χ0) is 15.1. The van der Waals surface area contributed by atoms with Gasteiger partial charge in [-0.2, -0.15) is 0 Å². The van der Waals surface area contributed by atoms with Crippen LogP contribution in [0.2, 0.25) is 0 Å². The molecule has 1 saturated heterocycles. The van der Waals surface area contributed by atoms with Crippen LogP contribution in [-0.4, -0.2) is 25.5 Å². The molecular formula is C16H22F2N2O. The Bertz CT molecular complexity index is 473. The van der Waals surface area contributed by atoms with Crippen LogP contribution in [0, 0.1) is 17.6 Å². The van der Waals surface area contributed by atoms with Gasteiger partial charge >= 0.3 is 0 Å². The molecule has 0 unspecified atom stereocenters. The third-order valence-corrected chi connectivity index (χ3v) is 3.96. The Morgan fingerprint density at radius 2 is 2.05 bits per heavy atom. The molecule has 116 valence electrons. The number of hydrogen-bond acceptors (Lipinski definition) is 2. The largest absolute Gasteiger partial charge is 0.356 e. The van der Waals surface area contributed by atoms with Gasteiger partial charge in [-0.1, -0.05) is 0 Å². The fourth-order valence-electron chi connectivity index (χ4n) is 2.67. The molecule has 1 amide bonds. The SMILES string of the molecule is O=C(CCC1CCNCC1)NCCc1cc(F)ccc1F. The molecule has 1 aliphatic heterocycles. The summed E-state index contributed by atoms with van der Waals surface area (Å²) in [5, 5.41) is 6.07. The minimum Gasteiger partial charge on any atom is -0.356 e. The van der Waals surface area contributed by atoms with Gasteiger partial charge in [0.25, 0.3) is 0 Å². The van der Waals surface area contributed by atoms with E-state index in [0.717, 1.165) is 44.5 Å². The van der Waals surface area contributed by atoms with Gasteiger partial charge in [0, 0.05) is 13.0 Å². The topological polar surface area (TPSA) is 41.1 Å². The van der Waals surface area contributed by atoms with Crippen molar-refractivity contribution < 1.29 is 13.6 Å². The first-order valence-corrected chi connectivity index (χ1v) is 7.56. The van der Waals surface area contributed by atoms with Gasteiger partial charge in [0.05, 0.1) is 0 Å². The van der Waals surface area contributed by atoms with E-state index >= 15 is 0 Å². The molecule has 0 atom stereocenters. The van der Waals surface area contributed by atoms with Crippen molar-refractivity contribution in [3.8, 4) is 0 Å². The van der Waals surface area contributed by atoms with Crippen molar-refractivity contribution in [3.63, 3.8) is 0 Å².